The minimum Gasteiger partial charge on any atom is -0.322 e. The zero-order valence-corrected chi connectivity index (χ0v) is 24.1. The lowest BCUT2D eigenvalue weighted by molar-refractivity contribution is 0.102. The zero-order chi connectivity index (χ0) is 29.0. The molecule has 11 heteroatoms. The molecule has 0 atom stereocenters. The molecule has 40 heavy (non-hydrogen) atoms. The molecule has 0 radical (unpaired) electrons. The highest BCUT2D eigenvalue weighted by Gasteiger charge is 2.19. The van der Waals surface area contributed by atoms with Gasteiger partial charge in [0.25, 0.3) is 15.9 Å². The molecule has 4 N–H and O–H groups in total. The SMILES string of the molecule is Cc1ccc(NS(=O)(=O)c2cc(NC(=O)c3cccc(NC(=O)Nc4ccc(Cl)c(Cl)c4)c3)ccc2C)c(C)c1. The van der Waals surface area contributed by atoms with Crippen molar-refractivity contribution in [2.75, 3.05) is 20.7 Å². The van der Waals surface area contributed by atoms with Gasteiger partial charge in [0, 0.05) is 22.6 Å². The standard InChI is InChI=1S/C29H26Cl2N4O4S/c1-17-7-12-26(19(3)13-17)35-40(38,39)27-16-23(9-8-18(27)2)32-28(36)20-5-4-6-21(14-20)33-29(37)34-22-10-11-24(30)25(31)15-22/h4-16,35H,1-3H3,(H,32,36)(H2,33,34,37). The molecule has 0 aromatic heterocycles. The number of benzene rings is 4. The second-order valence-electron chi connectivity index (χ2n) is 9.15. The minimum absolute atomic E-state index is 0.0414. The zero-order valence-electron chi connectivity index (χ0n) is 21.8. The quantitative estimate of drug-likeness (QED) is 0.175. The lowest BCUT2D eigenvalue weighted by Crippen LogP contribution is -2.20. The molecule has 206 valence electrons. The molecule has 0 aliphatic heterocycles. The second-order valence-corrected chi connectivity index (χ2v) is 11.6. The van der Waals surface area contributed by atoms with Crippen LogP contribution in [0.15, 0.2) is 83.8 Å². The molecule has 4 rings (SSSR count). The van der Waals surface area contributed by atoms with Crippen molar-refractivity contribution in [1.29, 1.82) is 0 Å². The van der Waals surface area contributed by atoms with Crippen molar-refractivity contribution in [2.45, 2.75) is 25.7 Å². The number of aryl methyl sites for hydroxylation is 3. The van der Waals surface area contributed by atoms with Crippen LogP contribution in [-0.4, -0.2) is 20.4 Å². The average Bonchev–Trinajstić information content (AvgIpc) is 2.89. The van der Waals surface area contributed by atoms with Crippen LogP contribution in [-0.2, 0) is 10.0 Å². The fraction of sp³-hybridized carbons (Fsp3) is 0.103. The maximum absolute atomic E-state index is 13.2. The third-order valence-corrected chi connectivity index (χ3v) is 8.17. The molecule has 0 saturated carbocycles. The van der Waals surface area contributed by atoms with E-state index in [0.717, 1.165) is 11.1 Å². The summed E-state index contributed by atoms with van der Waals surface area (Å²) in [6, 6.07) is 20.5. The van der Waals surface area contributed by atoms with E-state index in [1.54, 1.807) is 55.5 Å². The molecule has 0 spiro atoms. The van der Waals surface area contributed by atoms with Crippen LogP contribution >= 0.6 is 23.2 Å². The Hall–Kier alpha value is -4.05. The van der Waals surface area contributed by atoms with Crippen molar-refractivity contribution in [3.05, 3.63) is 111 Å². The highest BCUT2D eigenvalue weighted by atomic mass is 35.5. The van der Waals surface area contributed by atoms with Gasteiger partial charge < -0.3 is 16.0 Å². The van der Waals surface area contributed by atoms with E-state index in [2.05, 4.69) is 20.7 Å². The van der Waals surface area contributed by atoms with E-state index in [1.165, 1.54) is 18.2 Å². The third-order valence-electron chi connectivity index (χ3n) is 5.92. The van der Waals surface area contributed by atoms with E-state index in [-0.39, 0.29) is 10.5 Å². The van der Waals surface area contributed by atoms with Crippen molar-refractivity contribution >= 4 is 67.9 Å². The second kappa shape index (κ2) is 12.0. The Bertz CT molecular complexity index is 1730. The first-order valence-electron chi connectivity index (χ1n) is 12.1. The van der Waals surface area contributed by atoms with Crippen LogP contribution in [0.2, 0.25) is 10.0 Å². The number of amides is 3. The van der Waals surface area contributed by atoms with Crippen LogP contribution in [0.25, 0.3) is 0 Å². The highest BCUT2D eigenvalue weighted by Crippen LogP contribution is 2.27. The van der Waals surface area contributed by atoms with Crippen molar-refractivity contribution in [3.8, 4) is 0 Å². The number of hydrogen-bond acceptors (Lipinski definition) is 4. The average molecular weight is 598 g/mol. The summed E-state index contributed by atoms with van der Waals surface area (Å²) in [5.74, 6) is -0.483. The van der Waals surface area contributed by atoms with Gasteiger partial charge in [0.1, 0.15) is 0 Å². The van der Waals surface area contributed by atoms with Gasteiger partial charge in [-0.2, -0.15) is 0 Å². The van der Waals surface area contributed by atoms with Crippen molar-refractivity contribution in [3.63, 3.8) is 0 Å². The molecule has 8 nitrogen and oxygen atoms in total. The number of carbonyl (C=O) groups is 2. The van der Waals surface area contributed by atoms with E-state index in [1.807, 2.05) is 26.0 Å². The highest BCUT2D eigenvalue weighted by molar-refractivity contribution is 7.92. The normalized spacial score (nSPS) is 11.0. The monoisotopic (exact) mass is 596 g/mol. The minimum atomic E-state index is -3.92. The molecule has 0 aliphatic carbocycles. The van der Waals surface area contributed by atoms with Crippen LogP contribution < -0.4 is 20.7 Å². The van der Waals surface area contributed by atoms with Crippen LogP contribution in [0.4, 0.5) is 27.5 Å². The number of nitrogens with one attached hydrogen (secondary N) is 4. The first kappa shape index (κ1) is 28.9. The van der Waals surface area contributed by atoms with Crippen LogP contribution in [0, 0.1) is 20.8 Å². The number of anilines is 4. The Morgan fingerprint density at radius 2 is 1.35 bits per heavy atom. The maximum atomic E-state index is 13.2. The fourth-order valence-electron chi connectivity index (χ4n) is 3.90. The van der Waals surface area contributed by atoms with Crippen molar-refractivity contribution < 1.29 is 18.0 Å². The largest absolute Gasteiger partial charge is 0.323 e. The summed E-state index contributed by atoms with van der Waals surface area (Å²) in [6.45, 7) is 5.44. The summed E-state index contributed by atoms with van der Waals surface area (Å²) in [6.07, 6.45) is 0. The summed E-state index contributed by atoms with van der Waals surface area (Å²) < 4.78 is 29.0. The maximum Gasteiger partial charge on any atom is 0.323 e. The molecular formula is C29H26Cl2N4O4S. The lowest BCUT2D eigenvalue weighted by atomic mass is 10.1. The fourth-order valence-corrected chi connectivity index (χ4v) is 5.60. The molecule has 3 amide bonds. The van der Waals surface area contributed by atoms with E-state index < -0.39 is 22.0 Å². The Kier molecular flexibility index (Phi) is 8.68. The van der Waals surface area contributed by atoms with Gasteiger partial charge in [-0.3, -0.25) is 9.52 Å². The number of rotatable bonds is 7. The van der Waals surface area contributed by atoms with Crippen molar-refractivity contribution in [1.82, 2.24) is 0 Å². The van der Waals surface area contributed by atoms with Crippen LogP contribution in [0.1, 0.15) is 27.0 Å². The summed E-state index contributed by atoms with van der Waals surface area (Å²) in [5.41, 5.74) is 4.19. The van der Waals surface area contributed by atoms with Gasteiger partial charge in [0.2, 0.25) is 0 Å². The predicted octanol–water partition coefficient (Wildman–Crippen LogP) is 7.62. The van der Waals surface area contributed by atoms with Crippen molar-refractivity contribution in [2.24, 2.45) is 0 Å². The number of carbonyl (C=O) groups excluding carboxylic acids is 2. The lowest BCUT2D eigenvalue weighted by Gasteiger charge is -2.14. The Morgan fingerprint density at radius 3 is 2.05 bits per heavy atom. The third kappa shape index (κ3) is 7.12. The van der Waals surface area contributed by atoms with E-state index in [0.29, 0.717) is 38.4 Å². The number of halogens is 2. The van der Waals surface area contributed by atoms with Gasteiger partial charge in [0.05, 0.1) is 20.6 Å². The van der Waals surface area contributed by atoms with Gasteiger partial charge in [-0.25, -0.2) is 13.2 Å². The van der Waals surface area contributed by atoms with Crippen LogP contribution in [0.5, 0.6) is 0 Å². The molecule has 4 aromatic rings. The Balaban J connectivity index is 1.47. The first-order valence-corrected chi connectivity index (χ1v) is 14.3. The van der Waals surface area contributed by atoms with Gasteiger partial charge in [-0.1, -0.05) is 53.0 Å². The first-order chi connectivity index (χ1) is 18.9. The topological polar surface area (TPSA) is 116 Å². The summed E-state index contributed by atoms with van der Waals surface area (Å²) in [4.78, 5) is 25.5. The van der Waals surface area contributed by atoms with Gasteiger partial charge in [0.15, 0.2) is 0 Å². The Morgan fingerprint density at radius 1 is 0.675 bits per heavy atom. The van der Waals surface area contributed by atoms with Gasteiger partial charge in [-0.15, -0.1) is 0 Å². The molecule has 0 saturated heterocycles. The summed E-state index contributed by atoms with van der Waals surface area (Å²) in [7, 11) is -3.92. The molecule has 0 fully saturated rings. The summed E-state index contributed by atoms with van der Waals surface area (Å²) in [5, 5.41) is 8.68. The van der Waals surface area contributed by atoms with E-state index in [4.69, 9.17) is 23.2 Å². The predicted molar refractivity (Wildman–Crippen MR) is 161 cm³/mol. The number of urea groups is 1. The van der Waals surface area contributed by atoms with E-state index in [9.17, 15) is 18.0 Å². The van der Waals surface area contributed by atoms with Crippen LogP contribution in [0.3, 0.4) is 0 Å². The molecular weight excluding hydrogens is 571 g/mol. The molecule has 0 unspecified atom stereocenters. The number of sulfonamides is 1. The van der Waals surface area contributed by atoms with E-state index >= 15 is 0 Å². The molecule has 0 aliphatic rings. The smallest absolute Gasteiger partial charge is 0.322 e. The molecule has 0 heterocycles. The number of hydrogen-bond donors (Lipinski definition) is 4. The molecule has 4 aromatic carbocycles. The summed E-state index contributed by atoms with van der Waals surface area (Å²) >= 11 is 11.9. The molecule has 0 bridgehead atoms. The van der Waals surface area contributed by atoms with Gasteiger partial charge in [-0.05, 0) is 86.5 Å². The Labute approximate surface area is 242 Å². The van der Waals surface area contributed by atoms with Gasteiger partial charge >= 0.3 is 6.03 Å².